The molecule has 2 amide bonds. The average molecular weight is 226 g/mol. The lowest BCUT2D eigenvalue weighted by molar-refractivity contribution is -0.116. The Morgan fingerprint density at radius 1 is 1.73 bits per heavy atom. The van der Waals surface area contributed by atoms with Gasteiger partial charge >= 0.3 is 0 Å². The maximum atomic E-state index is 11.5. The number of hydrogen-bond donors (Lipinski definition) is 2. The van der Waals surface area contributed by atoms with Crippen molar-refractivity contribution in [2.45, 2.75) is 0 Å². The van der Waals surface area contributed by atoms with Gasteiger partial charge in [-0.1, -0.05) is 11.8 Å². The fourth-order valence-electron chi connectivity index (χ4n) is 1.26. The number of H-pyrrole nitrogens is 1. The van der Waals surface area contributed by atoms with Crippen molar-refractivity contribution in [1.82, 2.24) is 15.1 Å². The standard InChI is InChI=1S/C8H10N4O2S/c13-7(11-6-3-9-10-4-6)5-12-1-2-15-8(12)14/h3-4H,1-2,5H2,(H,9,10)(H,11,13). The van der Waals surface area contributed by atoms with Crippen LogP contribution in [0.1, 0.15) is 0 Å². The molecule has 1 aromatic heterocycles. The topological polar surface area (TPSA) is 78.1 Å². The highest BCUT2D eigenvalue weighted by Gasteiger charge is 2.23. The number of thioether (sulfide) groups is 1. The van der Waals surface area contributed by atoms with E-state index in [1.807, 2.05) is 0 Å². The van der Waals surface area contributed by atoms with Crippen LogP contribution in [-0.4, -0.2) is 45.1 Å². The molecule has 0 bridgehead atoms. The second-order valence-corrected chi connectivity index (χ2v) is 4.12. The molecule has 0 aliphatic carbocycles. The van der Waals surface area contributed by atoms with Gasteiger partial charge in [0.15, 0.2) is 0 Å². The summed E-state index contributed by atoms with van der Waals surface area (Å²) in [5, 5.41) is 8.89. The second-order valence-electron chi connectivity index (χ2n) is 3.07. The average Bonchev–Trinajstić information content (AvgIpc) is 2.79. The van der Waals surface area contributed by atoms with E-state index in [4.69, 9.17) is 0 Å². The van der Waals surface area contributed by atoms with E-state index < -0.39 is 0 Å². The molecule has 0 atom stereocenters. The van der Waals surface area contributed by atoms with Crippen LogP contribution in [0, 0.1) is 0 Å². The highest BCUT2D eigenvalue weighted by molar-refractivity contribution is 8.13. The van der Waals surface area contributed by atoms with Crippen LogP contribution in [0.15, 0.2) is 12.4 Å². The summed E-state index contributed by atoms with van der Waals surface area (Å²) in [6, 6.07) is 0. The molecule has 0 spiro atoms. The minimum Gasteiger partial charge on any atom is -0.323 e. The number of carbonyl (C=O) groups is 2. The van der Waals surface area contributed by atoms with Crippen molar-refractivity contribution in [2.24, 2.45) is 0 Å². The van der Waals surface area contributed by atoms with Crippen molar-refractivity contribution in [2.75, 3.05) is 24.2 Å². The molecule has 1 aromatic rings. The van der Waals surface area contributed by atoms with Crippen LogP contribution < -0.4 is 5.32 Å². The van der Waals surface area contributed by atoms with Crippen LogP contribution in [0.25, 0.3) is 0 Å². The van der Waals surface area contributed by atoms with E-state index in [1.54, 1.807) is 6.20 Å². The molecule has 0 unspecified atom stereocenters. The van der Waals surface area contributed by atoms with Crippen molar-refractivity contribution in [1.29, 1.82) is 0 Å². The lowest BCUT2D eigenvalue weighted by Crippen LogP contribution is -2.33. The molecule has 80 valence electrons. The number of amides is 2. The van der Waals surface area contributed by atoms with Crippen LogP contribution in [0.5, 0.6) is 0 Å². The summed E-state index contributed by atoms with van der Waals surface area (Å²) in [5.41, 5.74) is 0.610. The second kappa shape index (κ2) is 4.35. The minimum atomic E-state index is -0.202. The summed E-state index contributed by atoms with van der Waals surface area (Å²) < 4.78 is 0. The minimum absolute atomic E-state index is 0.0302. The SMILES string of the molecule is O=C(CN1CCSC1=O)Nc1cn[nH]c1. The first-order valence-corrected chi connectivity index (χ1v) is 5.44. The highest BCUT2D eigenvalue weighted by Crippen LogP contribution is 2.16. The smallest absolute Gasteiger partial charge is 0.282 e. The van der Waals surface area contributed by atoms with Gasteiger partial charge in [-0.05, 0) is 0 Å². The number of hydrogen-bond acceptors (Lipinski definition) is 4. The summed E-state index contributed by atoms with van der Waals surface area (Å²) in [4.78, 5) is 24.2. The number of aromatic nitrogens is 2. The van der Waals surface area contributed by atoms with Crippen molar-refractivity contribution < 1.29 is 9.59 Å². The zero-order valence-electron chi connectivity index (χ0n) is 7.90. The first-order chi connectivity index (χ1) is 7.25. The fourth-order valence-corrected chi connectivity index (χ4v) is 2.09. The maximum absolute atomic E-state index is 11.5. The Kier molecular flexibility index (Phi) is 2.91. The summed E-state index contributed by atoms with van der Waals surface area (Å²) >= 11 is 1.24. The number of rotatable bonds is 3. The van der Waals surface area contributed by atoms with E-state index in [-0.39, 0.29) is 17.7 Å². The predicted molar refractivity (Wildman–Crippen MR) is 56.6 cm³/mol. The molecule has 2 heterocycles. The van der Waals surface area contributed by atoms with E-state index in [9.17, 15) is 9.59 Å². The molecule has 1 aliphatic rings. The molecular weight excluding hydrogens is 216 g/mol. The van der Waals surface area contributed by atoms with Crippen LogP contribution >= 0.6 is 11.8 Å². The van der Waals surface area contributed by atoms with Gasteiger partial charge in [0.05, 0.1) is 11.9 Å². The quantitative estimate of drug-likeness (QED) is 0.787. The maximum Gasteiger partial charge on any atom is 0.282 e. The van der Waals surface area contributed by atoms with Gasteiger partial charge < -0.3 is 10.2 Å². The lowest BCUT2D eigenvalue weighted by Gasteiger charge is -2.13. The van der Waals surface area contributed by atoms with E-state index in [1.165, 1.54) is 22.9 Å². The zero-order chi connectivity index (χ0) is 10.7. The Balaban J connectivity index is 1.84. The van der Waals surface area contributed by atoms with Crippen molar-refractivity contribution in [3.8, 4) is 0 Å². The normalized spacial score (nSPS) is 15.7. The van der Waals surface area contributed by atoms with Gasteiger partial charge in [-0.25, -0.2) is 0 Å². The summed E-state index contributed by atoms with van der Waals surface area (Å²) in [6.07, 6.45) is 3.09. The van der Waals surface area contributed by atoms with Crippen LogP contribution in [0.3, 0.4) is 0 Å². The number of nitrogens with one attached hydrogen (secondary N) is 2. The highest BCUT2D eigenvalue weighted by atomic mass is 32.2. The Bertz CT molecular complexity index is 365. The molecule has 0 aromatic carbocycles. The molecule has 0 radical (unpaired) electrons. The number of carbonyl (C=O) groups excluding carboxylic acids is 2. The van der Waals surface area contributed by atoms with E-state index in [0.717, 1.165) is 5.75 Å². The van der Waals surface area contributed by atoms with E-state index in [0.29, 0.717) is 12.2 Å². The zero-order valence-corrected chi connectivity index (χ0v) is 8.71. The van der Waals surface area contributed by atoms with E-state index in [2.05, 4.69) is 15.5 Å². The Labute approximate surface area is 90.4 Å². The lowest BCUT2D eigenvalue weighted by atomic mass is 10.4. The van der Waals surface area contributed by atoms with Crippen LogP contribution in [0.4, 0.5) is 10.5 Å². The molecule has 1 aliphatic heterocycles. The molecule has 6 nitrogen and oxygen atoms in total. The van der Waals surface area contributed by atoms with Crippen molar-refractivity contribution >= 4 is 28.6 Å². The Morgan fingerprint density at radius 2 is 2.60 bits per heavy atom. The van der Waals surface area contributed by atoms with Gasteiger partial charge in [0.1, 0.15) is 6.54 Å². The molecule has 15 heavy (non-hydrogen) atoms. The molecule has 0 saturated carbocycles. The van der Waals surface area contributed by atoms with Crippen molar-refractivity contribution in [3.05, 3.63) is 12.4 Å². The molecule has 7 heteroatoms. The number of nitrogens with zero attached hydrogens (tertiary/aromatic N) is 2. The predicted octanol–water partition coefficient (Wildman–Crippen LogP) is 0.517. The number of anilines is 1. The van der Waals surface area contributed by atoms with Gasteiger partial charge in [-0.3, -0.25) is 14.7 Å². The monoisotopic (exact) mass is 226 g/mol. The summed E-state index contributed by atoms with van der Waals surface area (Å²) in [5.74, 6) is 0.560. The third kappa shape index (κ3) is 2.50. The van der Waals surface area contributed by atoms with Gasteiger partial charge in [-0.15, -0.1) is 0 Å². The fraction of sp³-hybridized carbons (Fsp3) is 0.375. The van der Waals surface area contributed by atoms with Crippen LogP contribution in [-0.2, 0) is 4.79 Å². The third-order valence-electron chi connectivity index (χ3n) is 1.96. The van der Waals surface area contributed by atoms with Crippen molar-refractivity contribution in [3.63, 3.8) is 0 Å². The van der Waals surface area contributed by atoms with Gasteiger partial charge in [0, 0.05) is 18.5 Å². The molecule has 2 rings (SSSR count). The first kappa shape index (κ1) is 10.0. The van der Waals surface area contributed by atoms with Gasteiger partial charge in [0.25, 0.3) is 5.24 Å². The van der Waals surface area contributed by atoms with Gasteiger partial charge in [0.2, 0.25) is 5.91 Å². The largest absolute Gasteiger partial charge is 0.323 e. The first-order valence-electron chi connectivity index (χ1n) is 4.46. The Hall–Kier alpha value is -1.50. The summed E-state index contributed by atoms with van der Waals surface area (Å²) in [6.45, 7) is 0.749. The molecule has 1 fully saturated rings. The van der Waals surface area contributed by atoms with E-state index >= 15 is 0 Å². The third-order valence-corrected chi connectivity index (χ3v) is 2.85. The Morgan fingerprint density at radius 3 is 3.20 bits per heavy atom. The molecule has 2 N–H and O–H groups in total. The number of aromatic amines is 1. The molecular formula is C8H10N4O2S. The summed E-state index contributed by atoms with van der Waals surface area (Å²) in [7, 11) is 0. The van der Waals surface area contributed by atoms with Gasteiger partial charge in [-0.2, -0.15) is 5.10 Å². The van der Waals surface area contributed by atoms with Crippen LogP contribution in [0.2, 0.25) is 0 Å². The molecule has 1 saturated heterocycles.